The molecule has 0 bridgehead atoms. The Hall–Kier alpha value is -2.36. The summed E-state index contributed by atoms with van der Waals surface area (Å²) in [5, 5.41) is 7.70. The smallest absolute Gasteiger partial charge is 0.220 e. The Bertz CT molecular complexity index is 731. The van der Waals surface area contributed by atoms with Crippen molar-refractivity contribution in [3.8, 4) is 0 Å². The van der Waals surface area contributed by atoms with Crippen molar-refractivity contribution in [2.45, 2.75) is 46.2 Å². The largest absolute Gasteiger partial charge is 0.352 e. The van der Waals surface area contributed by atoms with Crippen LogP contribution in [-0.2, 0) is 17.9 Å². The first-order valence-corrected chi connectivity index (χ1v) is 8.63. The summed E-state index contributed by atoms with van der Waals surface area (Å²) in [6.45, 7) is 5.40. The molecule has 0 saturated carbocycles. The van der Waals surface area contributed by atoms with Gasteiger partial charge in [-0.05, 0) is 38.2 Å². The number of rotatable bonds is 6. The molecule has 0 radical (unpaired) electrons. The van der Waals surface area contributed by atoms with Crippen LogP contribution in [0.5, 0.6) is 0 Å². The molecule has 0 aliphatic heterocycles. The van der Waals surface area contributed by atoms with Gasteiger partial charge in [-0.3, -0.25) is 9.48 Å². The fraction of sp³-hybridized carbons (Fsp3) is 0.400. The van der Waals surface area contributed by atoms with Gasteiger partial charge in [-0.2, -0.15) is 5.10 Å². The average molecular weight is 323 g/mol. The highest BCUT2D eigenvalue weighted by molar-refractivity contribution is 5.76. The van der Waals surface area contributed by atoms with Gasteiger partial charge in [-0.25, -0.2) is 0 Å². The lowest BCUT2D eigenvalue weighted by atomic mass is 10.0. The topological polar surface area (TPSA) is 46.9 Å². The maximum absolute atomic E-state index is 12.1. The molecule has 1 aliphatic carbocycles. The van der Waals surface area contributed by atoms with Crippen molar-refractivity contribution in [3.63, 3.8) is 0 Å². The first-order valence-electron chi connectivity index (χ1n) is 8.63. The molecule has 4 heteroatoms. The molecule has 24 heavy (non-hydrogen) atoms. The van der Waals surface area contributed by atoms with Crippen LogP contribution >= 0.6 is 0 Å². The minimum Gasteiger partial charge on any atom is -0.352 e. The van der Waals surface area contributed by atoms with E-state index in [2.05, 4.69) is 41.6 Å². The van der Waals surface area contributed by atoms with Gasteiger partial charge in [0.15, 0.2) is 0 Å². The number of aromatic nitrogens is 2. The van der Waals surface area contributed by atoms with Gasteiger partial charge >= 0.3 is 0 Å². The van der Waals surface area contributed by atoms with Gasteiger partial charge in [-0.15, -0.1) is 0 Å². The lowest BCUT2D eigenvalue weighted by molar-refractivity contribution is -0.121. The molecular formula is C20H25N3O. The van der Waals surface area contributed by atoms with E-state index in [0.717, 1.165) is 36.3 Å². The highest BCUT2D eigenvalue weighted by Gasteiger charge is 2.16. The summed E-state index contributed by atoms with van der Waals surface area (Å²) < 4.78 is 2.02. The van der Waals surface area contributed by atoms with Crippen molar-refractivity contribution in [2.24, 2.45) is 5.92 Å². The highest BCUT2D eigenvalue weighted by Crippen LogP contribution is 2.20. The van der Waals surface area contributed by atoms with Crippen LogP contribution in [0.1, 0.15) is 41.8 Å². The third-order valence-corrected chi connectivity index (χ3v) is 4.73. The van der Waals surface area contributed by atoms with E-state index in [9.17, 15) is 4.79 Å². The molecule has 4 nitrogen and oxygen atoms in total. The monoisotopic (exact) mass is 323 g/mol. The van der Waals surface area contributed by atoms with Gasteiger partial charge in [0.05, 0.1) is 12.2 Å². The summed E-state index contributed by atoms with van der Waals surface area (Å²) in [7, 11) is 0. The Kier molecular flexibility index (Phi) is 5.14. The number of benzene rings is 1. The second-order valence-corrected chi connectivity index (χ2v) is 6.54. The average Bonchev–Trinajstić information content (AvgIpc) is 3.16. The molecule has 0 spiro atoms. The van der Waals surface area contributed by atoms with E-state index in [1.807, 2.05) is 29.8 Å². The Morgan fingerprint density at radius 3 is 2.79 bits per heavy atom. The molecule has 1 aliphatic rings. The maximum atomic E-state index is 12.1. The molecule has 3 rings (SSSR count). The van der Waals surface area contributed by atoms with E-state index < -0.39 is 0 Å². The zero-order chi connectivity index (χ0) is 16.9. The summed E-state index contributed by atoms with van der Waals surface area (Å²) in [5.41, 5.74) is 4.47. The molecule has 126 valence electrons. The summed E-state index contributed by atoms with van der Waals surface area (Å²) >= 11 is 0. The summed E-state index contributed by atoms with van der Waals surface area (Å²) in [6, 6.07) is 10.3. The molecule has 2 aromatic rings. The Labute approximate surface area is 143 Å². The number of nitrogens with zero attached hydrogens (tertiary/aromatic N) is 2. The van der Waals surface area contributed by atoms with Crippen molar-refractivity contribution in [1.29, 1.82) is 0 Å². The Morgan fingerprint density at radius 2 is 2.08 bits per heavy atom. The number of hydrogen-bond donors (Lipinski definition) is 1. The molecular weight excluding hydrogens is 298 g/mol. The second-order valence-electron chi connectivity index (χ2n) is 6.54. The molecule has 0 fully saturated rings. The number of aryl methyl sites for hydroxylation is 1. The summed E-state index contributed by atoms with van der Waals surface area (Å²) in [5.74, 6) is 0.536. The third kappa shape index (κ3) is 3.94. The van der Waals surface area contributed by atoms with Gasteiger partial charge in [-0.1, -0.05) is 42.5 Å². The van der Waals surface area contributed by atoms with E-state index in [1.165, 1.54) is 5.56 Å². The quantitative estimate of drug-likeness (QED) is 0.827. The van der Waals surface area contributed by atoms with Crippen molar-refractivity contribution in [1.82, 2.24) is 15.1 Å². The molecule has 0 unspecified atom stereocenters. The van der Waals surface area contributed by atoms with Gasteiger partial charge in [0.2, 0.25) is 5.91 Å². The van der Waals surface area contributed by atoms with E-state index in [-0.39, 0.29) is 5.91 Å². The minimum absolute atomic E-state index is 0.126. The maximum Gasteiger partial charge on any atom is 0.220 e. The predicted octanol–water partition coefficient (Wildman–Crippen LogP) is 3.52. The van der Waals surface area contributed by atoms with Crippen LogP contribution in [-0.4, -0.2) is 15.7 Å². The number of carbonyl (C=O) groups excluding carboxylic acids is 1. The second kappa shape index (κ2) is 7.47. The SMILES string of the molecule is Cc1nn(Cc2ccccc2)c(C)c1CNC(=O)C[C@@H]1C=CCC1. The van der Waals surface area contributed by atoms with Crippen molar-refractivity contribution < 1.29 is 4.79 Å². The van der Waals surface area contributed by atoms with Crippen LogP contribution < -0.4 is 5.32 Å². The molecule has 1 aromatic carbocycles. The molecule has 1 N–H and O–H groups in total. The Balaban J connectivity index is 1.61. The lowest BCUT2D eigenvalue weighted by Crippen LogP contribution is -2.25. The molecule has 1 atom stereocenters. The number of allylic oxidation sites excluding steroid dienone is 2. The minimum atomic E-state index is 0.126. The first kappa shape index (κ1) is 16.5. The summed E-state index contributed by atoms with van der Waals surface area (Å²) in [4.78, 5) is 12.1. The predicted molar refractivity (Wildman–Crippen MR) is 95.6 cm³/mol. The fourth-order valence-corrected chi connectivity index (χ4v) is 3.26. The zero-order valence-corrected chi connectivity index (χ0v) is 14.5. The van der Waals surface area contributed by atoms with Crippen molar-refractivity contribution >= 4 is 5.91 Å². The number of amides is 1. The number of carbonyl (C=O) groups is 1. The Morgan fingerprint density at radius 1 is 1.29 bits per heavy atom. The van der Waals surface area contributed by atoms with E-state index in [1.54, 1.807) is 0 Å². The van der Waals surface area contributed by atoms with Crippen LogP contribution in [0.2, 0.25) is 0 Å². The lowest BCUT2D eigenvalue weighted by Gasteiger charge is -2.09. The van der Waals surface area contributed by atoms with Gasteiger partial charge in [0, 0.05) is 24.2 Å². The van der Waals surface area contributed by atoms with Gasteiger partial charge in [0.25, 0.3) is 0 Å². The number of nitrogens with one attached hydrogen (secondary N) is 1. The van der Waals surface area contributed by atoms with Crippen LogP contribution in [0.25, 0.3) is 0 Å². The van der Waals surface area contributed by atoms with Crippen LogP contribution in [0.4, 0.5) is 0 Å². The van der Waals surface area contributed by atoms with Crippen LogP contribution in [0.3, 0.4) is 0 Å². The molecule has 0 saturated heterocycles. The van der Waals surface area contributed by atoms with Crippen molar-refractivity contribution in [2.75, 3.05) is 0 Å². The van der Waals surface area contributed by atoms with Crippen LogP contribution in [0, 0.1) is 19.8 Å². The fourth-order valence-electron chi connectivity index (χ4n) is 3.26. The van der Waals surface area contributed by atoms with Gasteiger partial charge in [0.1, 0.15) is 0 Å². The zero-order valence-electron chi connectivity index (χ0n) is 14.5. The van der Waals surface area contributed by atoms with Crippen LogP contribution in [0.15, 0.2) is 42.5 Å². The van der Waals surface area contributed by atoms with E-state index in [0.29, 0.717) is 18.9 Å². The molecule has 1 aromatic heterocycles. The normalized spacial score (nSPS) is 16.5. The molecule has 1 amide bonds. The highest BCUT2D eigenvalue weighted by atomic mass is 16.1. The van der Waals surface area contributed by atoms with Crippen molar-refractivity contribution in [3.05, 3.63) is 65.0 Å². The summed E-state index contributed by atoms with van der Waals surface area (Å²) in [6.07, 6.45) is 7.11. The molecule has 1 heterocycles. The van der Waals surface area contributed by atoms with E-state index >= 15 is 0 Å². The van der Waals surface area contributed by atoms with E-state index in [4.69, 9.17) is 0 Å². The van der Waals surface area contributed by atoms with Gasteiger partial charge < -0.3 is 5.32 Å². The standard InChI is InChI=1S/C20H25N3O/c1-15-19(13-21-20(24)12-17-8-6-7-9-17)16(2)23(22-15)14-18-10-4-3-5-11-18/h3-6,8,10-11,17H,7,9,12-14H2,1-2H3,(H,21,24)/t17-/m1/s1. The number of hydrogen-bond acceptors (Lipinski definition) is 2. The first-order chi connectivity index (χ1) is 11.6. The third-order valence-electron chi connectivity index (χ3n) is 4.73.